The highest BCUT2D eigenvalue weighted by molar-refractivity contribution is 7.00. The van der Waals surface area contributed by atoms with E-state index >= 15 is 0 Å². The van der Waals surface area contributed by atoms with E-state index in [2.05, 4.69) is 169 Å². The summed E-state index contributed by atoms with van der Waals surface area (Å²) in [4.78, 5) is 5.89. The lowest BCUT2D eigenvalue weighted by molar-refractivity contribution is 0.590. The largest absolute Gasteiger partial charge is 0.311 e. The first-order chi connectivity index (χ1) is 34.8. The molecule has 0 saturated carbocycles. The molecule has 3 nitrogen and oxygen atoms in total. The van der Waals surface area contributed by atoms with Crippen molar-refractivity contribution in [2.24, 2.45) is 0 Å². The third kappa shape index (κ3) is 6.25. The summed E-state index contributed by atoms with van der Waals surface area (Å²) in [6.45, 7) is 19.6. The number of fused-ring (bicyclic) bond motifs is 7. The second-order valence-corrected chi connectivity index (χ2v) is 20.1. The highest BCUT2D eigenvalue weighted by Gasteiger charge is 2.45. The summed E-state index contributed by atoms with van der Waals surface area (Å²) >= 11 is 0. The second kappa shape index (κ2) is 14.4. The van der Waals surface area contributed by atoms with Gasteiger partial charge in [0.1, 0.15) is 0 Å². The number of hydrogen-bond acceptors (Lipinski definition) is 3. The minimum absolute atomic E-state index is 0.0525. The zero-order chi connectivity index (χ0) is 53.0. The Morgan fingerprint density at radius 2 is 1.08 bits per heavy atom. The average Bonchev–Trinajstić information content (AvgIpc) is 3.62. The predicted molar refractivity (Wildman–Crippen MR) is 275 cm³/mol. The van der Waals surface area contributed by atoms with Crippen LogP contribution in [0.15, 0.2) is 176 Å². The average molecular weight is 840 g/mol. The van der Waals surface area contributed by atoms with E-state index in [1.54, 1.807) is 6.07 Å². The predicted octanol–water partition coefficient (Wildman–Crippen LogP) is 14.4. The molecule has 64 heavy (non-hydrogen) atoms. The number of aryl methyl sites for hydroxylation is 1. The van der Waals surface area contributed by atoms with Crippen LogP contribution in [0.1, 0.15) is 96.9 Å². The van der Waals surface area contributed by atoms with Crippen LogP contribution in [-0.2, 0) is 16.2 Å². The van der Waals surface area contributed by atoms with E-state index in [1.807, 2.05) is 12.1 Å². The number of hydrogen-bond donors (Lipinski definition) is 0. The zero-order valence-electron chi connectivity index (χ0n) is 47.9. The van der Waals surface area contributed by atoms with Crippen LogP contribution in [0, 0.1) is 6.92 Å². The van der Waals surface area contributed by atoms with Gasteiger partial charge in [-0.3, -0.25) is 0 Å². The van der Waals surface area contributed by atoms with E-state index in [0.717, 1.165) is 67.1 Å². The first kappa shape index (κ1) is 30.3. The fraction of sp³-hybridized carbons (Fsp3) is 0.200. The van der Waals surface area contributed by atoms with Crippen molar-refractivity contribution in [3.8, 4) is 11.1 Å². The van der Waals surface area contributed by atoms with E-state index in [4.69, 9.17) is 8.22 Å². The number of para-hydroxylation sites is 2. The van der Waals surface area contributed by atoms with Crippen molar-refractivity contribution >= 4 is 74.3 Å². The van der Waals surface area contributed by atoms with Crippen LogP contribution in [0.4, 0.5) is 51.2 Å². The third-order valence-corrected chi connectivity index (χ3v) is 13.6. The number of benzene rings is 8. The summed E-state index contributed by atoms with van der Waals surface area (Å²) < 4.78 is 89.4. The molecule has 4 heteroatoms. The van der Waals surface area contributed by atoms with E-state index in [0.29, 0.717) is 5.69 Å². The molecule has 1 aliphatic carbocycles. The molecule has 8 aromatic carbocycles. The van der Waals surface area contributed by atoms with Crippen LogP contribution < -0.4 is 31.1 Å². The minimum Gasteiger partial charge on any atom is -0.311 e. The van der Waals surface area contributed by atoms with Gasteiger partial charge in [-0.15, -0.1) is 0 Å². The summed E-state index contributed by atoms with van der Waals surface area (Å²) in [6, 6.07) is 34.8. The van der Waals surface area contributed by atoms with Gasteiger partial charge in [0.25, 0.3) is 6.71 Å². The maximum atomic E-state index is 9.29. The lowest BCUT2D eigenvalue weighted by Gasteiger charge is -2.45. The molecular weight excluding hydrogens is 773 g/mol. The SMILES string of the molecule is [2H]c1c([2H])c([2H])c(N(c2ccc3c(c2)N(c2ccc4c(c2)C(C)(C)c2ccccc2-4)c2cc(C)cc4c2B3c2cc(C(C)(C)C)ccc2N4c2ccc(C(C)(C)C)cc2)c2c([2H])c([2H])c([2H])c([2H])c2[2H])c([2H])c1[2H]. The Morgan fingerprint density at radius 3 is 1.72 bits per heavy atom. The summed E-state index contributed by atoms with van der Waals surface area (Å²) in [6.07, 6.45) is 0. The molecule has 0 saturated heterocycles. The third-order valence-electron chi connectivity index (χ3n) is 13.6. The van der Waals surface area contributed by atoms with Gasteiger partial charge in [-0.2, -0.15) is 0 Å². The zero-order valence-corrected chi connectivity index (χ0v) is 37.9. The quantitative estimate of drug-likeness (QED) is 0.160. The molecule has 0 unspecified atom stereocenters. The van der Waals surface area contributed by atoms with E-state index in [-0.39, 0.29) is 40.0 Å². The summed E-state index contributed by atoms with van der Waals surface area (Å²) in [7, 11) is 0. The molecule has 314 valence electrons. The van der Waals surface area contributed by atoms with Gasteiger partial charge in [0.05, 0.1) is 13.7 Å². The first-order valence-electron chi connectivity index (χ1n) is 27.1. The number of nitrogens with zero attached hydrogens (tertiary/aromatic N) is 3. The Hall–Kier alpha value is -6.78. The molecule has 0 radical (unpaired) electrons. The van der Waals surface area contributed by atoms with E-state index < -0.39 is 60.4 Å². The standard InChI is InChI=1S/C60H56BN3/c1-39-34-55-57-56(35-39)64(45-29-31-48-47-22-16-17-23-49(47)60(8,9)50(48)37-45)54-38-46(62(42-18-12-10-13-19-42)43-20-14-11-15-21-43)30-32-51(54)61(57)52-36-41(59(5,6)7)26-33-53(52)63(55)44-27-24-40(25-28-44)58(2,3)4/h10-38H,1-9H3/i10D,11D,12D,13D,14D,15D,18D,19D,20D,21D. The van der Waals surface area contributed by atoms with E-state index in [9.17, 15) is 5.48 Å². The Kier molecular flexibility index (Phi) is 6.81. The van der Waals surface area contributed by atoms with Crippen molar-refractivity contribution in [3.63, 3.8) is 0 Å². The van der Waals surface area contributed by atoms with E-state index in [1.165, 1.54) is 21.6 Å². The molecule has 0 spiro atoms. The molecule has 0 N–H and O–H groups in total. The van der Waals surface area contributed by atoms with Gasteiger partial charge in [-0.25, -0.2) is 0 Å². The molecule has 8 aromatic rings. The monoisotopic (exact) mass is 840 g/mol. The van der Waals surface area contributed by atoms with Crippen molar-refractivity contribution in [2.75, 3.05) is 14.7 Å². The van der Waals surface area contributed by atoms with Gasteiger partial charge in [-0.1, -0.05) is 152 Å². The van der Waals surface area contributed by atoms with Crippen LogP contribution in [-0.4, -0.2) is 6.71 Å². The van der Waals surface area contributed by atoms with Crippen LogP contribution in [0.3, 0.4) is 0 Å². The van der Waals surface area contributed by atoms with Crippen molar-refractivity contribution in [1.82, 2.24) is 0 Å². The van der Waals surface area contributed by atoms with Crippen LogP contribution in [0.25, 0.3) is 11.1 Å². The minimum atomic E-state index is -0.622. The molecule has 0 fully saturated rings. The lowest BCUT2D eigenvalue weighted by Crippen LogP contribution is -2.61. The van der Waals surface area contributed by atoms with Crippen molar-refractivity contribution in [1.29, 1.82) is 0 Å². The molecule has 2 heterocycles. The van der Waals surface area contributed by atoms with Crippen LogP contribution in [0.2, 0.25) is 0 Å². The summed E-state index contributed by atoms with van der Waals surface area (Å²) in [5.74, 6) is 0. The fourth-order valence-electron chi connectivity index (χ4n) is 10.3. The summed E-state index contributed by atoms with van der Waals surface area (Å²) in [5, 5.41) is 0. The topological polar surface area (TPSA) is 9.72 Å². The molecule has 0 bridgehead atoms. The molecule has 0 amide bonds. The van der Waals surface area contributed by atoms with Gasteiger partial charge in [0.15, 0.2) is 0 Å². The maximum absolute atomic E-state index is 9.29. The highest BCUT2D eigenvalue weighted by atomic mass is 15.2. The molecular formula is C60H56BN3. The van der Waals surface area contributed by atoms with Gasteiger partial charge < -0.3 is 14.7 Å². The molecule has 11 rings (SSSR count). The second-order valence-electron chi connectivity index (χ2n) is 20.1. The Morgan fingerprint density at radius 1 is 0.500 bits per heavy atom. The van der Waals surface area contributed by atoms with Gasteiger partial charge in [0, 0.05) is 56.6 Å². The smallest absolute Gasteiger partial charge is 0.252 e. The lowest BCUT2D eigenvalue weighted by atomic mass is 9.33. The maximum Gasteiger partial charge on any atom is 0.252 e. The molecule has 3 aliphatic rings. The van der Waals surface area contributed by atoms with Crippen LogP contribution in [0.5, 0.6) is 0 Å². The highest BCUT2D eigenvalue weighted by Crippen LogP contribution is 2.52. The normalized spacial score (nSPS) is 16.5. The Bertz CT molecular complexity index is 3600. The fourth-order valence-corrected chi connectivity index (χ4v) is 10.3. The number of anilines is 9. The van der Waals surface area contributed by atoms with Gasteiger partial charge in [0.2, 0.25) is 0 Å². The van der Waals surface area contributed by atoms with Crippen molar-refractivity contribution < 1.29 is 13.7 Å². The van der Waals surface area contributed by atoms with Crippen molar-refractivity contribution in [3.05, 3.63) is 204 Å². The van der Waals surface area contributed by atoms with Crippen molar-refractivity contribution in [2.45, 2.75) is 78.6 Å². The Labute approximate surface area is 394 Å². The number of rotatable bonds is 5. The molecule has 0 aromatic heterocycles. The molecule has 2 aliphatic heterocycles. The first-order valence-corrected chi connectivity index (χ1v) is 22.1. The van der Waals surface area contributed by atoms with Gasteiger partial charge in [-0.05, 0) is 152 Å². The van der Waals surface area contributed by atoms with Gasteiger partial charge >= 0.3 is 0 Å². The summed E-state index contributed by atoms with van der Waals surface area (Å²) in [5.41, 5.74) is 15.7. The van der Waals surface area contributed by atoms with Crippen LogP contribution >= 0.6 is 0 Å². The molecule has 0 atom stereocenters. The Balaban J connectivity index is 1.26.